The predicted octanol–water partition coefficient (Wildman–Crippen LogP) is 5.27. The summed E-state index contributed by atoms with van der Waals surface area (Å²) in [4.78, 5) is 12.5. The number of aromatic nitrogens is 4. The van der Waals surface area contributed by atoms with Crippen molar-refractivity contribution in [1.29, 1.82) is 0 Å². The monoisotopic (exact) mass is 447 g/mol. The van der Waals surface area contributed by atoms with Gasteiger partial charge in [-0.05, 0) is 39.3 Å². The molecule has 154 valence electrons. The molecule has 9 heteroatoms. The summed E-state index contributed by atoms with van der Waals surface area (Å²) in [6, 6.07) is 8.17. The molecular formula is C20H25N5OS3. The predicted molar refractivity (Wildman–Crippen MR) is 123 cm³/mol. The number of nitrogens with zero attached hydrogens (tertiary/aromatic N) is 4. The molecule has 0 spiro atoms. The maximum atomic E-state index is 12.5. The van der Waals surface area contributed by atoms with Gasteiger partial charge in [0.05, 0.1) is 28.5 Å². The van der Waals surface area contributed by atoms with Crippen molar-refractivity contribution in [2.24, 2.45) is 0 Å². The Balaban J connectivity index is 1.59. The Morgan fingerprint density at radius 2 is 1.79 bits per heavy atom. The fourth-order valence-corrected chi connectivity index (χ4v) is 5.66. The van der Waals surface area contributed by atoms with E-state index in [2.05, 4.69) is 46.6 Å². The summed E-state index contributed by atoms with van der Waals surface area (Å²) in [5.74, 6) is 1.28. The third-order valence-corrected chi connectivity index (χ3v) is 7.55. The van der Waals surface area contributed by atoms with E-state index in [1.807, 2.05) is 30.7 Å². The van der Waals surface area contributed by atoms with Crippen molar-refractivity contribution >= 4 is 46.5 Å². The number of aryl methyl sites for hydroxylation is 2. The van der Waals surface area contributed by atoms with Gasteiger partial charge in [0.1, 0.15) is 0 Å². The molecule has 29 heavy (non-hydrogen) atoms. The number of thioether (sulfide) groups is 2. The summed E-state index contributed by atoms with van der Waals surface area (Å²) in [5, 5.41) is 16.0. The highest BCUT2D eigenvalue weighted by Crippen LogP contribution is 2.29. The highest BCUT2D eigenvalue weighted by Gasteiger charge is 2.16. The third-order valence-electron chi connectivity index (χ3n) is 4.27. The lowest BCUT2D eigenvalue weighted by molar-refractivity contribution is -0.113. The molecule has 0 unspecified atom stereocenters. The Hall–Kier alpha value is -1.84. The number of hydrogen-bond donors (Lipinski definition) is 1. The first-order valence-electron chi connectivity index (χ1n) is 9.50. The van der Waals surface area contributed by atoms with Gasteiger partial charge in [-0.1, -0.05) is 65.9 Å². The average molecular weight is 448 g/mol. The van der Waals surface area contributed by atoms with Crippen LogP contribution in [0.25, 0.3) is 5.69 Å². The number of amides is 1. The molecular weight excluding hydrogens is 422 g/mol. The Labute approximate surface area is 183 Å². The molecule has 2 heterocycles. The van der Waals surface area contributed by atoms with Crippen LogP contribution in [0.2, 0.25) is 0 Å². The molecule has 1 aromatic carbocycles. The summed E-state index contributed by atoms with van der Waals surface area (Å²) < 4.78 is 3.65. The first-order chi connectivity index (χ1) is 14.0. The largest absolute Gasteiger partial charge is 0.322 e. The molecule has 0 saturated heterocycles. The second-order valence-electron chi connectivity index (χ2n) is 6.67. The molecule has 0 fully saturated rings. The zero-order valence-corrected chi connectivity index (χ0v) is 19.5. The smallest absolute Gasteiger partial charge is 0.234 e. The number of rotatable bonds is 9. The van der Waals surface area contributed by atoms with Gasteiger partial charge in [-0.15, -0.1) is 10.2 Å². The minimum Gasteiger partial charge on any atom is -0.322 e. The first-order valence-corrected chi connectivity index (χ1v) is 12.3. The van der Waals surface area contributed by atoms with Gasteiger partial charge in [0.25, 0.3) is 0 Å². The molecule has 3 rings (SSSR count). The fourth-order valence-electron chi connectivity index (χ4n) is 2.68. The molecule has 0 aliphatic carbocycles. The van der Waals surface area contributed by atoms with Crippen LogP contribution in [-0.2, 0) is 4.79 Å². The van der Waals surface area contributed by atoms with Crippen molar-refractivity contribution < 1.29 is 4.79 Å². The maximum Gasteiger partial charge on any atom is 0.234 e. The second-order valence-corrected chi connectivity index (χ2v) is 10.2. The normalized spacial score (nSPS) is 11.0. The van der Waals surface area contributed by atoms with E-state index in [1.54, 1.807) is 23.1 Å². The quantitative estimate of drug-likeness (QED) is 0.356. The summed E-state index contributed by atoms with van der Waals surface area (Å²) in [7, 11) is 0. The van der Waals surface area contributed by atoms with E-state index in [0.717, 1.165) is 37.2 Å². The minimum absolute atomic E-state index is 0.0694. The standard InChI is InChI=1S/C20H25N5OS3/c1-5-6-11-27-19-22-23-20(29-19)28-12-17(26)21-18-14(3)24-25(15(18)4)16-9-7-13(2)8-10-16/h7-10H,5-6,11-12H2,1-4H3,(H,21,26). The van der Waals surface area contributed by atoms with Gasteiger partial charge >= 0.3 is 0 Å². The first kappa shape index (κ1) is 21.9. The van der Waals surface area contributed by atoms with Gasteiger partial charge < -0.3 is 5.32 Å². The fraction of sp³-hybridized carbons (Fsp3) is 0.400. The van der Waals surface area contributed by atoms with E-state index in [-0.39, 0.29) is 5.91 Å². The van der Waals surface area contributed by atoms with Crippen LogP contribution in [0.1, 0.15) is 36.7 Å². The van der Waals surface area contributed by atoms with Crippen LogP contribution >= 0.6 is 34.9 Å². The SMILES string of the molecule is CCCCSc1nnc(SCC(=O)Nc2c(C)nn(-c3ccc(C)cc3)c2C)s1. The zero-order chi connectivity index (χ0) is 20.8. The van der Waals surface area contributed by atoms with Crippen molar-refractivity contribution in [2.75, 3.05) is 16.8 Å². The number of carbonyl (C=O) groups excluding carboxylic acids is 1. The Kier molecular flexibility index (Phi) is 7.74. The van der Waals surface area contributed by atoms with Gasteiger partial charge in [0, 0.05) is 5.75 Å². The van der Waals surface area contributed by atoms with E-state index in [9.17, 15) is 4.79 Å². The van der Waals surface area contributed by atoms with E-state index in [0.29, 0.717) is 5.75 Å². The van der Waals surface area contributed by atoms with Crippen LogP contribution in [-0.4, -0.2) is 37.4 Å². The van der Waals surface area contributed by atoms with Gasteiger partial charge in [0.15, 0.2) is 8.68 Å². The lowest BCUT2D eigenvalue weighted by atomic mass is 10.2. The lowest BCUT2D eigenvalue weighted by Gasteiger charge is -2.07. The second kappa shape index (κ2) is 10.3. The van der Waals surface area contributed by atoms with E-state index >= 15 is 0 Å². The van der Waals surface area contributed by atoms with Crippen molar-refractivity contribution in [3.63, 3.8) is 0 Å². The maximum absolute atomic E-state index is 12.5. The Bertz CT molecular complexity index is 965. The van der Waals surface area contributed by atoms with Crippen molar-refractivity contribution in [2.45, 2.75) is 49.2 Å². The summed E-state index contributed by atoms with van der Waals surface area (Å²) >= 11 is 4.69. The van der Waals surface area contributed by atoms with E-state index < -0.39 is 0 Å². The lowest BCUT2D eigenvalue weighted by Crippen LogP contribution is -2.15. The number of benzene rings is 1. The van der Waals surface area contributed by atoms with Gasteiger partial charge in [-0.2, -0.15) is 5.10 Å². The van der Waals surface area contributed by atoms with Gasteiger partial charge in [-0.25, -0.2) is 4.68 Å². The van der Waals surface area contributed by atoms with Crippen LogP contribution < -0.4 is 5.32 Å². The Morgan fingerprint density at radius 1 is 1.10 bits per heavy atom. The minimum atomic E-state index is -0.0694. The highest BCUT2D eigenvalue weighted by atomic mass is 32.2. The number of anilines is 1. The van der Waals surface area contributed by atoms with Crippen LogP contribution in [0.4, 0.5) is 5.69 Å². The molecule has 0 saturated carbocycles. The number of hydrogen-bond acceptors (Lipinski definition) is 7. The topological polar surface area (TPSA) is 72.7 Å². The van der Waals surface area contributed by atoms with Gasteiger partial charge in [0.2, 0.25) is 5.91 Å². The number of unbranched alkanes of at least 4 members (excludes halogenated alkanes) is 1. The average Bonchev–Trinajstić information content (AvgIpc) is 3.27. The summed E-state index contributed by atoms with van der Waals surface area (Å²) in [6.45, 7) is 8.10. The molecule has 0 radical (unpaired) electrons. The van der Waals surface area contributed by atoms with Crippen molar-refractivity contribution in [3.05, 3.63) is 41.2 Å². The highest BCUT2D eigenvalue weighted by molar-refractivity contribution is 8.03. The van der Waals surface area contributed by atoms with Crippen LogP contribution in [0.3, 0.4) is 0 Å². The molecule has 0 aliphatic rings. The molecule has 1 N–H and O–H groups in total. The summed E-state index contributed by atoms with van der Waals surface area (Å²) in [5.41, 5.74) is 4.66. The summed E-state index contributed by atoms with van der Waals surface area (Å²) in [6.07, 6.45) is 2.34. The Morgan fingerprint density at radius 3 is 2.48 bits per heavy atom. The van der Waals surface area contributed by atoms with Crippen LogP contribution in [0.15, 0.2) is 32.9 Å². The molecule has 1 amide bonds. The molecule has 3 aromatic rings. The van der Waals surface area contributed by atoms with E-state index in [1.165, 1.54) is 30.2 Å². The van der Waals surface area contributed by atoms with Gasteiger partial charge in [-0.3, -0.25) is 4.79 Å². The number of carbonyl (C=O) groups is 1. The zero-order valence-electron chi connectivity index (χ0n) is 17.1. The molecule has 0 bridgehead atoms. The van der Waals surface area contributed by atoms with Crippen molar-refractivity contribution in [3.8, 4) is 5.69 Å². The van der Waals surface area contributed by atoms with Crippen LogP contribution in [0, 0.1) is 20.8 Å². The molecule has 6 nitrogen and oxygen atoms in total. The number of nitrogens with one attached hydrogen (secondary N) is 1. The van der Waals surface area contributed by atoms with E-state index in [4.69, 9.17) is 0 Å². The third kappa shape index (κ3) is 5.83. The molecule has 2 aromatic heterocycles. The van der Waals surface area contributed by atoms with Crippen molar-refractivity contribution in [1.82, 2.24) is 20.0 Å². The molecule has 0 atom stereocenters. The molecule has 0 aliphatic heterocycles. The van der Waals surface area contributed by atoms with Crippen LogP contribution in [0.5, 0.6) is 0 Å².